The lowest BCUT2D eigenvalue weighted by Gasteiger charge is -2.32. The summed E-state index contributed by atoms with van der Waals surface area (Å²) in [5.74, 6) is 0.397. The van der Waals surface area contributed by atoms with Crippen molar-refractivity contribution >= 4 is 41.5 Å². The van der Waals surface area contributed by atoms with Crippen molar-refractivity contribution in [1.29, 1.82) is 5.26 Å². The molecule has 0 saturated carbocycles. The van der Waals surface area contributed by atoms with E-state index in [1.165, 1.54) is 24.2 Å². The molecule has 0 spiro atoms. The molecule has 160 valence electrons. The highest BCUT2D eigenvalue weighted by Gasteiger charge is 2.23. The van der Waals surface area contributed by atoms with Gasteiger partial charge < -0.3 is 4.90 Å². The number of hydrogen-bond donors (Lipinski definition) is 1. The summed E-state index contributed by atoms with van der Waals surface area (Å²) >= 11 is 5.96. The van der Waals surface area contributed by atoms with Gasteiger partial charge in [0.25, 0.3) is 0 Å². The molecule has 0 unspecified atom stereocenters. The van der Waals surface area contributed by atoms with Gasteiger partial charge in [-0.15, -0.1) is 0 Å². The van der Waals surface area contributed by atoms with Crippen molar-refractivity contribution in [2.75, 3.05) is 43.9 Å². The number of anilines is 2. The van der Waals surface area contributed by atoms with Crippen LogP contribution in [0, 0.1) is 11.3 Å². The van der Waals surface area contributed by atoms with Crippen LogP contribution in [0.15, 0.2) is 24.4 Å². The van der Waals surface area contributed by atoms with Crippen molar-refractivity contribution < 1.29 is 14.4 Å². The molecular formula is C20H20ClN7O3. The van der Waals surface area contributed by atoms with E-state index < -0.39 is 6.03 Å². The zero-order chi connectivity index (χ0) is 22.5. The van der Waals surface area contributed by atoms with Crippen molar-refractivity contribution in [2.45, 2.75) is 6.54 Å². The van der Waals surface area contributed by atoms with E-state index in [1.54, 1.807) is 17.0 Å². The van der Waals surface area contributed by atoms with Gasteiger partial charge in [0.2, 0.25) is 5.91 Å². The van der Waals surface area contributed by atoms with E-state index in [-0.39, 0.29) is 40.4 Å². The summed E-state index contributed by atoms with van der Waals surface area (Å²) in [4.78, 5) is 49.4. The smallest absolute Gasteiger partial charge is 0.328 e. The van der Waals surface area contributed by atoms with Crippen LogP contribution >= 0.6 is 11.6 Å². The second-order valence-corrected chi connectivity index (χ2v) is 7.44. The number of nitrogens with one attached hydrogen (secondary N) is 1. The predicted molar refractivity (Wildman–Crippen MR) is 114 cm³/mol. The summed E-state index contributed by atoms with van der Waals surface area (Å²) in [5.41, 5.74) is 0.953. The minimum absolute atomic E-state index is 0.0141. The van der Waals surface area contributed by atoms with E-state index in [0.29, 0.717) is 24.9 Å². The number of halogens is 1. The third kappa shape index (κ3) is 5.14. The van der Waals surface area contributed by atoms with E-state index >= 15 is 0 Å². The zero-order valence-electron chi connectivity index (χ0n) is 17.0. The molecule has 2 aromatic rings. The number of piperazine rings is 1. The first-order valence-electron chi connectivity index (χ1n) is 9.34. The Morgan fingerprint density at radius 2 is 2.19 bits per heavy atom. The van der Waals surface area contributed by atoms with E-state index in [2.05, 4.69) is 15.3 Å². The average molecular weight is 442 g/mol. The van der Waals surface area contributed by atoms with Crippen LogP contribution in [-0.4, -0.2) is 71.7 Å². The number of carbonyl (C=O) groups is 3. The van der Waals surface area contributed by atoms with Crippen LogP contribution in [0.3, 0.4) is 0 Å². The molecule has 0 bridgehead atoms. The first-order chi connectivity index (χ1) is 14.8. The van der Waals surface area contributed by atoms with E-state index in [4.69, 9.17) is 16.9 Å². The minimum Gasteiger partial charge on any atom is -0.336 e. The maximum atomic E-state index is 12.5. The second kappa shape index (κ2) is 9.51. The van der Waals surface area contributed by atoms with Crippen LogP contribution in [0.4, 0.5) is 16.4 Å². The van der Waals surface area contributed by atoms with Gasteiger partial charge in [-0.3, -0.25) is 24.7 Å². The molecule has 1 N–H and O–H groups in total. The second-order valence-electron chi connectivity index (χ2n) is 7.04. The fourth-order valence-corrected chi connectivity index (χ4v) is 3.19. The van der Waals surface area contributed by atoms with Gasteiger partial charge in [0.15, 0.2) is 6.29 Å². The Morgan fingerprint density at radius 1 is 1.42 bits per heavy atom. The van der Waals surface area contributed by atoms with Gasteiger partial charge in [-0.05, 0) is 13.1 Å². The number of nitriles is 1. The van der Waals surface area contributed by atoms with Gasteiger partial charge in [0.1, 0.15) is 23.4 Å². The molecule has 3 heterocycles. The number of nitrogens with zero attached hydrogens (tertiary/aromatic N) is 6. The van der Waals surface area contributed by atoms with Gasteiger partial charge in [-0.2, -0.15) is 5.26 Å². The maximum Gasteiger partial charge on any atom is 0.328 e. The maximum absolute atomic E-state index is 12.5. The normalized spacial score (nSPS) is 14.1. The van der Waals surface area contributed by atoms with Gasteiger partial charge in [0.05, 0.1) is 17.1 Å². The topological polar surface area (TPSA) is 123 Å². The predicted octanol–water partition coefficient (Wildman–Crippen LogP) is 1.76. The summed E-state index contributed by atoms with van der Waals surface area (Å²) in [6.45, 7) is 1.93. The molecule has 0 aromatic carbocycles. The van der Waals surface area contributed by atoms with Crippen molar-refractivity contribution in [3.63, 3.8) is 0 Å². The molecule has 1 fully saturated rings. The highest BCUT2D eigenvalue weighted by atomic mass is 35.5. The first kappa shape index (κ1) is 22.1. The van der Waals surface area contributed by atoms with Crippen LogP contribution < -0.4 is 10.2 Å². The highest BCUT2D eigenvalue weighted by Crippen LogP contribution is 2.20. The van der Waals surface area contributed by atoms with Crippen molar-refractivity contribution in [3.8, 4) is 6.07 Å². The Bertz CT molecular complexity index is 1070. The number of amides is 3. The molecule has 10 nitrogen and oxygen atoms in total. The molecule has 2 aromatic heterocycles. The van der Waals surface area contributed by atoms with Crippen molar-refractivity contribution in [2.24, 2.45) is 0 Å². The van der Waals surface area contributed by atoms with Crippen molar-refractivity contribution in [1.82, 2.24) is 19.8 Å². The zero-order valence-corrected chi connectivity index (χ0v) is 17.8. The lowest BCUT2D eigenvalue weighted by molar-refractivity contribution is -0.136. The van der Waals surface area contributed by atoms with Crippen LogP contribution in [0.5, 0.6) is 0 Å². The SMILES string of the molecule is CN1CCN(Cc2ccc(N(C)C(=O)Nc3cc(Cl)c(C#N)cn3)nc2C=O)C(=O)C1. The lowest BCUT2D eigenvalue weighted by Crippen LogP contribution is -2.48. The highest BCUT2D eigenvalue weighted by molar-refractivity contribution is 6.32. The van der Waals surface area contributed by atoms with Crippen LogP contribution in [0.1, 0.15) is 21.6 Å². The third-order valence-corrected chi connectivity index (χ3v) is 5.15. The molecular weight excluding hydrogens is 422 g/mol. The van der Waals surface area contributed by atoms with Gasteiger partial charge in [-0.1, -0.05) is 17.7 Å². The molecule has 3 rings (SSSR count). The number of rotatable bonds is 5. The fraction of sp³-hybridized carbons (Fsp3) is 0.300. The number of aromatic nitrogens is 2. The number of hydrogen-bond acceptors (Lipinski definition) is 7. The quantitative estimate of drug-likeness (QED) is 0.701. The molecule has 1 aliphatic heterocycles. The first-order valence-corrected chi connectivity index (χ1v) is 9.72. The molecule has 0 radical (unpaired) electrons. The molecule has 1 aliphatic rings. The Morgan fingerprint density at radius 3 is 2.84 bits per heavy atom. The van der Waals surface area contributed by atoms with Crippen LogP contribution in [0.25, 0.3) is 0 Å². The number of likely N-dealkylation sites (N-methyl/N-ethyl adjacent to an activating group) is 1. The standard InChI is InChI=1S/C20H20ClN7O3/c1-26-5-6-28(19(30)11-26)10-13-3-4-18(24-16(13)12-29)27(2)20(31)25-17-7-15(21)14(8-22)9-23-17/h3-4,7,9,12H,5-6,10-11H2,1-2H3,(H,23,25,31). The summed E-state index contributed by atoms with van der Waals surface area (Å²) in [6, 6.07) is 5.98. The average Bonchev–Trinajstić information content (AvgIpc) is 2.75. The Kier molecular flexibility index (Phi) is 6.79. The van der Waals surface area contributed by atoms with Gasteiger partial charge in [0, 0.05) is 44.5 Å². The molecule has 11 heteroatoms. The number of aldehydes is 1. The van der Waals surface area contributed by atoms with E-state index in [0.717, 1.165) is 6.54 Å². The van der Waals surface area contributed by atoms with Crippen molar-refractivity contribution in [3.05, 3.63) is 46.2 Å². The molecule has 0 atom stereocenters. The molecule has 0 aliphatic carbocycles. The monoisotopic (exact) mass is 441 g/mol. The summed E-state index contributed by atoms with van der Waals surface area (Å²) in [5, 5.41) is 11.6. The largest absolute Gasteiger partial charge is 0.336 e. The third-order valence-electron chi connectivity index (χ3n) is 4.84. The Labute approximate surface area is 184 Å². The van der Waals surface area contributed by atoms with E-state index in [1.807, 2.05) is 18.0 Å². The summed E-state index contributed by atoms with van der Waals surface area (Å²) in [7, 11) is 3.37. The minimum atomic E-state index is -0.556. The van der Waals surface area contributed by atoms with Gasteiger partial charge in [-0.25, -0.2) is 14.8 Å². The molecule has 3 amide bonds. The molecule has 31 heavy (non-hydrogen) atoms. The summed E-state index contributed by atoms with van der Waals surface area (Å²) < 4.78 is 0. The number of urea groups is 1. The number of pyridine rings is 2. The summed E-state index contributed by atoms with van der Waals surface area (Å²) in [6.07, 6.45) is 1.86. The number of carbonyl (C=O) groups excluding carboxylic acids is 3. The Balaban J connectivity index is 1.72. The van der Waals surface area contributed by atoms with Crippen LogP contribution in [0.2, 0.25) is 5.02 Å². The fourth-order valence-electron chi connectivity index (χ4n) is 2.99. The van der Waals surface area contributed by atoms with E-state index in [9.17, 15) is 14.4 Å². The van der Waals surface area contributed by atoms with Gasteiger partial charge >= 0.3 is 6.03 Å². The van der Waals surface area contributed by atoms with Crippen LogP contribution in [-0.2, 0) is 11.3 Å². The lowest BCUT2D eigenvalue weighted by atomic mass is 10.1. The Hall–Kier alpha value is -3.55. The molecule has 1 saturated heterocycles.